The van der Waals surface area contributed by atoms with Crippen molar-refractivity contribution in [3.05, 3.63) is 29.8 Å². The fourth-order valence-electron chi connectivity index (χ4n) is 1.91. The van der Waals surface area contributed by atoms with Gasteiger partial charge in [-0.25, -0.2) is 13.6 Å². The molecule has 0 unspecified atom stereocenters. The predicted molar refractivity (Wildman–Crippen MR) is 94.2 cm³/mol. The van der Waals surface area contributed by atoms with E-state index in [0.29, 0.717) is 25.0 Å². The van der Waals surface area contributed by atoms with Crippen LogP contribution in [0, 0.1) is 0 Å². The Morgan fingerprint density at radius 1 is 1.33 bits per heavy atom. The zero-order valence-electron chi connectivity index (χ0n) is 11.9. The zero-order chi connectivity index (χ0) is 14.8. The lowest BCUT2D eigenvalue weighted by Gasteiger charge is -2.16. The van der Waals surface area contributed by atoms with Gasteiger partial charge in [-0.3, -0.25) is 4.99 Å². The highest BCUT2D eigenvalue weighted by molar-refractivity contribution is 14.0. The topological polar surface area (TPSA) is 102 Å². The molecule has 0 aromatic heterocycles. The highest BCUT2D eigenvalue weighted by Gasteiger charge is 2.27. The summed E-state index contributed by atoms with van der Waals surface area (Å²) in [6.45, 7) is 0.581. The fraction of sp³-hybridized carbons (Fsp3) is 0.462. The molecule has 2 rings (SSSR count). The molecule has 0 saturated heterocycles. The summed E-state index contributed by atoms with van der Waals surface area (Å²) in [6, 6.07) is 7.06. The van der Waals surface area contributed by atoms with Gasteiger partial charge in [0.2, 0.25) is 10.0 Å². The monoisotopic (exact) mass is 424 g/mol. The Morgan fingerprint density at radius 3 is 2.38 bits per heavy atom. The largest absolute Gasteiger partial charge is 0.370 e. The normalized spacial score (nSPS) is 15.4. The van der Waals surface area contributed by atoms with E-state index in [4.69, 9.17) is 10.9 Å². The van der Waals surface area contributed by atoms with Crippen molar-refractivity contribution in [3.63, 3.8) is 0 Å². The molecule has 0 amide bonds. The van der Waals surface area contributed by atoms with Crippen LogP contribution in [0.15, 0.2) is 34.2 Å². The maximum absolute atomic E-state index is 11.1. The molecule has 0 atom stereocenters. The third-order valence-electron chi connectivity index (χ3n) is 3.38. The molecule has 0 radical (unpaired) electrons. The van der Waals surface area contributed by atoms with Crippen molar-refractivity contribution in [1.82, 2.24) is 4.90 Å². The summed E-state index contributed by atoms with van der Waals surface area (Å²) in [7, 11) is -1.67. The van der Waals surface area contributed by atoms with Crippen LogP contribution in [-0.2, 0) is 16.4 Å². The minimum absolute atomic E-state index is 0. The van der Waals surface area contributed by atoms with Crippen LogP contribution in [0.25, 0.3) is 0 Å². The SMILES string of the molecule is CN(C(N)=NCCc1ccc(S(N)(=O)=O)cc1)C1CC1.I. The van der Waals surface area contributed by atoms with Crippen molar-refractivity contribution in [1.29, 1.82) is 0 Å². The number of sulfonamides is 1. The summed E-state index contributed by atoms with van der Waals surface area (Å²) in [5, 5.41) is 5.04. The lowest BCUT2D eigenvalue weighted by molar-refractivity contribution is 0.487. The van der Waals surface area contributed by atoms with Crippen LogP contribution in [-0.4, -0.2) is 38.9 Å². The zero-order valence-corrected chi connectivity index (χ0v) is 15.0. The van der Waals surface area contributed by atoms with Crippen LogP contribution in [0.1, 0.15) is 18.4 Å². The summed E-state index contributed by atoms with van der Waals surface area (Å²) in [6.07, 6.45) is 3.08. The van der Waals surface area contributed by atoms with Crippen molar-refractivity contribution in [2.75, 3.05) is 13.6 Å². The Hall–Kier alpha value is -0.870. The second-order valence-electron chi connectivity index (χ2n) is 5.02. The molecule has 21 heavy (non-hydrogen) atoms. The second kappa shape index (κ2) is 7.41. The summed E-state index contributed by atoms with van der Waals surface area (Å²) >= 11 is 0. The molecular formula is C13H21IN4O2S. The number of hydrogen-bond acceptors (Lipinski definition) is 3. The number of primary sulfonamides is 1. The molecule has 0 bridgehead atoms. The van der Waals surface area contributed by atoms with E-state index in [1.54, 1.807) is 12.1 Å². The number of nitrogens with two attached hydrogens (primary N) is 2. The molecule has 0 heterocycles. The Bertz CT molecular complexity index is 597. The van der Waals surface area contributed by atoms with Crippen LogP contribution < -0.4 is 10.9 Å². The van der Waals surface area contributed by atoms with E-state index < -0.39 is 10.0 Å². The van der Waals surface area contributed by atoms with Gasteiger partial charge in [0.05, 0.1) is 4.90 Å². The maximum Gasteiger partial charge on any atom is 0.238 e. The van der Waals surface area contributed by atoms with Crippen LogP contribution in [0.3, 0.4) is 0 Å². The fourth-order valence-corrected chi connectivity index (χ4v) is 2.42. The van der Waals surface area contributed by atoms with Crippen LogP contribution >= 0.6 is 24.0 Å². The van der Waals surface area contributed by atoms with Crippen molar-refractivity contribution in [2.24, 2.45) is 15.9 Å². The number of benzene rings is 1. The van der Waals surface area contributed by atoms with Crippen LogP contribution in [0.2, 0.25) is 0 Å². The van der Waals surface area contributed by atoms with Gasteiger partial charge in [0.25, 0.3) is 0 Å². The lowest BCUT2D eigenvalue weighted by atomic mass is 10.1. The summed E-state index contributed by atoms with van der Waals surface area (Å²) in [4.78, 5) is 6.46. The number of hydrogen-bond donors (Lipinski definition) is 2. The van der Waals surface area contributed by atoms with Crippen LogP contribution in [0.5, 0.6) is 0 Å². The third-order valence-corrected chi connectivity index (χ3v) is 4.31. The molecule has 4 N–H and O–H groups in total. The van der Waals surface area contributed by atoms with Crippen LogP contribution in [0.4, 0.5) is 0 Å². The lowest BCUT2D eigenvalue weighted by Crippen LogP contribution is -2.35. The predicted octanol–water partition coefficient (Wildman–Crippen LogP) is 0.903. The number of guanidine groups is 1. The first kappa shape index (κ1) is 18.2. The Labute approximate surface area is 142 Å². The van der Waals surface area contributed by atoms with Gasteiger partial charge in [-0.15, -0.1) is 24.0 Å². The van der Waals surface area contributed by atoms with Gasteiger partial charge in [-0.1, -0.05) is 12.1 Å². The second-order valence-corrected chi connectivity index (χ2v) is 6.58. The highest BCUT2D eigenvalue weighted by atomic mass is 127. The van der Waals surface area contributed by atoms with E-state index in [0.717, 1.165) is 5.56 Å². The van der Waals surface area contributed by atoms with E-state index in [9.17, 15) is 8.42 Å². The average molecular weight is 424 g/mol. The molecule has 8 heteroatoms. The molecule has 1 aromatic carbocycles. The number of nitrogens with zero attached hydrogens (tertiary/aromatic N) is 2. The van der Waals surface area contributed by atoms with Gasteiger partial charge in [0, 0.05) is 19.6 Å². The van der Waals surface area contributed by atoms with E-state index >= 15 is 0 Å². The molecule has 1 aromatic rings. The molecule has 1 aliphatic carbocycles. The highest BCUT2D eigenvalue weighted by Crippen LogP contribution is 2.24. The van der Waals surface area contributed by atoms with Crippen molar-refractivity contribution in [2.45, 2.75) is 30.2 Å². The Balaban J connectivity index is 0.00000220. The van der Waals surface area contributed by atoms with E-state index in [1.165, 1.54) is 25.0 Å². The minimum Gasteiger partial charge on any atom is -0.370 e. The first-order valence-electron chi connectivity index (χ1n) is 6.52. The average Bonchev–Trinajstić information content (AvgIpc) is 3.21. The number of halogens is 1. The molecule has 0 aliphatic heterocycles. The van der Waals surface area contributed by atoms with Gasteiger partial charge in [-0.2, -0.15) is 0 Å². The summed E-state index contributed by atoms with van der Waals surface area (Å²) < 4.78 is 22.3. The first-order valence-corrected chi connectivity index (χ1v) is 8.07. The van der Waals surface area contributed by atoms with Gasteiger partial charge < -0.3 is 10.6 Å². The molecule has 1 aliphatic rings. The van der Waals surface area contributed by atoms with Gasteiger partial charge in [0.1, 0.15) is 0 Å². The minimum atomic E-state index is -3.62. The Kier molecular flexibility index (Phi) is 6.41. The first-order chi connectivity index (χ1) is 9.38. The molecule has 0 spiro atoms. The molecule has 1 fully saturated rings. The Morgan fingerprint density at radius 2 is 1.90 bits per heavy atom. The standard InChI is InChI=1S/C13H20N4O2S.HI/c1-17(11-4-5-11)13(14)16-9-8-10-2-6-12(7-3-10)20(15,18)19;/h2-3,6-7,11H,4-5,8-9H2,1H3,(H2,14,16)(H2,15,18,19);1H. The van der Waals surface area contributed by atoms with E-state index in [-0.39, 0.29) is 28.9 Å². The van der Waals surface area contributed by atoms with E-state index in [2.05, 4.69) is 4.99 Å². The van der Waals surface area contributed by atoms with Crippen molar-refractivity contribution in [3.8, 4) is 0 Å². The molecule has 1 saturated carbocycles. The van der Waals surface area contributed by atoms with E-state index in [1.807, 2.05) is 11.9 Å². The van der Waals surface area contributed by atoms with Crippen molar-refractivity contribution >= 4 is 40.0 Å². The molecular weight excluding hydrogens is 403 g/mol. The van der Waals surface area contributed by atoms with Gasteiger partial charge in [0.15, 0.2) is 5.96 Å². The van der Waals surface area contributed by atoms with Gasteiger partial charge in [-0.05, 0) is 37.0 Å². The summed E-state index contributed by atoms with van der Waals surface area (Å²) in [5.74, 6) is 0.564. The third kappa shape index (κ3) is 5.44. The van der Waals surface area contributed by atoms with Gasteiger partial charge >= 0.3 is 0 Å². The smallest absolute Gasteiger partial charge is 0.238 e. The van der Waals surface area contributed by atoms with Crippen molar-refractivity contribution < 1.29 is 8.42 Å². The molecule has 118 valence electrons. The maximum atomic E-state index is 11.1. The molecule has 6 nitrogen and oxygen atoms in total. The quantitative estimate of drug-likeness (QED) is 0.417. The number of rotatable bonds is 5. The summed E-state index contributed by atoms with van der Waals surface area (Å²) in [5.41, 5.74) is 6.89. The number of aliphatic imine (C=N–C) groups is 1.